The third-order valence-electron chi connectivity index (χ3n) is 3.98. The maximum Gasteiger partial charge on any atom is 0.0209 e. The van der Waals surface area contributed by atoms with Gasteiger partial charge in [0.25, 0.3) is 0 Å². The van der Waals surface area contributed by atoms with Crippen LogP contribution in [0.3, 0.4) is 0 Å². The predicted molar refractivity (Wildman–Crippen MR) is 95.6 cm³/mol. The number of allylic oxidation sites excluding steroid dienone is 3. The van der Waals surface area contributed by atoms with Crippen LogP contribution in [-0.2, 0) is 6.54 Å². The summed E-state index contributed by atoms with van der Waals surface area (Å²) in [5.41, 5.74) is 7.64. The number of rotatable bonds is 2. The van der Waals surface area contributed by atoms with Crippen molar-refractivity contribution < 1.29 is 0 Å². The molecule has 1 aliphatic heterocycles. The molecule has 2 aliphatic rings. The van der Waals surface area contributed by atoms with Gasteiger partial charge in [0, 0.05) is 19.0 Å². The molecule has 1 unspecified atom stereocenters. The van der Waals surface area contributed by atoms with Crippen LogP contribution < -0.4 is 5.32 Å². The van der Waals surface area contributed by atoms with E-state index in [1.165, 1.54) is 16.7 Å². The van der Waals surface area contributed by atoms with E-state index in [4.69, 9.17) is 0 Å². The van der Waals surface area contributed by atoms with Crippen molar-refractivity contribution in [1.29, 1.82) is 0 Å². The summed E-state index contributed by atoms with van der Waals surface area (Å²) in [5, 5.41) is 3.54. The van der Waals surface area contributed by atoms with Crippen LogP contribution in [0.1, 0.15) is 70.6 Å². The van der Waals surface area contributed by atoms with Crippen LogP contribution in [0.25, 0.3) is 5.57 Å². The second-order valence-corrected chi connectivity index (χ2v) is 4.85. The first-order valence-electron chi connectivity index (χ1n) is 8.55. The molecule has 0 aromatic heterocycles. The van der Waals surface area contributed by atoms with Crippen LogP contribution >= 0.6 is 0 Å². The Balaban J connectivity index is 0.000000510. The molecule has 0 fully saturated rings. The first-order chi connectivity index (χ1) is 10.4. The second kappa shape index (κ2) is 8.84. The average molecular weight is 285 g/mol. The van der Waals surface area contributed by atoms with E-state index in [-0.39, 0.29) is 0 Å². The number of hydrogen-bond acceptors (Lipinski definition) is 1. The van der Waals surface area contributed by atoms with Crippen LogP contribution in [0, 0.1) is 0 Å². The second-order valence-electron chi connectivity index (χ2n) is 4.85. The van der Waals surface area contributed by atoms with E-state index < -0.39 is 0 Å². The summed E-state index contributed by atoms with van der Waals surface area (Å²) in [6.45, 7) is 14.5. The van der Waals surface area contributed by atoms with Crippen molar-refractivity contribution in [3.63, 3.8) is 0 Å². The Hall–Kier alpha value is -1.34. The normalized spacial score (nSPS) is 18.7. The van der Waals surface area contributed by atoms with Crippen LogP contribution in [-0.4, -0.2) is 6.54 Å². The summed E-state index contributed by atoms with van der Waals surface area (Å²) < 4.78 is 0. The van der Waals surface area contributed by atoms with Gasteiger partial charge < -0.3 is 5.32 Å². The van der Waals surface area contributed by atoms with E-state index in [2.05, 4.69) is 49.5 Å². The van der Waals surface area contributed by atoms with Crippen molar-refractivity contribution in [3.8, 4) is 0 Å². The zero-order chi connectivity index (χ0) is 15.8. The minimum absolute atomic E-state index is 0.617. The van der Waals surface area contributed by atoms with Gasteiger partial charge in [-0.2, -0.15) is 0 Å². The molecule has 116 valence electrons. The lowest BCUT2D eigenvalue weighted by atomic mass is 9.88. The lowest BCUT2D eigenvalue weighted by Gasteiger charge is -2.25. The molecule has 0 amide bonds. The molecule has 1 aromatic carbocycles. The fourth-order valence-corrected chi connectivity index (χ4v) is 3.33. The largest absolute Gasteiger partial charge is 0.312 e. The SMILES string of the molecule is C/C=C\C1=C(CC)C2CNCc3cccc1c32.CC.CC. The Morgan fingerprint density at radius 2 is 1.90 bits per heavy atom. The Morgan fingerprint density at radius 3 is 2.52 bits per heavy atom. The maximum absolute atomic E-state index is 3.54. The molecule has 0 spiro atoms. The van der Waals surface area contributed by atoms with Gasteiger partial charge in [0.1, 0.15) is 0 Å². The fourth-order valence-electron chi connectivity index (χ4n) is 3.33. The van der Waals surface area contributed by atoms with Crippen LogP contribution in [0.2, 0.25) is 0 Å². The van der Waals surface area contributed by atoms with Crippen molar-refractivity contribution in [2.75, 3.05) is 6.54 Å². The zero-order valence-electron chi connectivity index (χ0n) is 14.6. The van der Waals surface area contributed by atoms with Gasteiger partial charge in [0.15, 0.2) is 0 Å². The molecule has 1 heterocycles. The van der Waals surface area contributed by atoms with Gasteiger partial charge in [0.05, 0.1) is 0 Å². The van der Waals surface area contributed by atoms with Gasteiger partial charge in [-0.25, -0.2) is 0 Å². The molecule has 0 saturated heterocycles. The Labute approximate surface area is 131 Å². The molecular formula is C20H31N. The minimum atomic E-state index is 0.617. The molecule has 0 bridgehead atoms. The highest BCUT2D eigenvalue weighted by Crippen LogP contribution is 2.46. The number of nitrogens with one attached hydrogen (secondary N) is 1. The third kappa shape index (κ3) is 3.29. The molecule has 0 radical (unpaired) electrons. The Morgan fingerprint density at radius 1 is 1.19 bits per heavy atom. The van der Waals surface area contributed by atoms with Crippen molar-refractivity contribution in [3.05, 3.63) is 52.6 Å². The fraction of sp³-hybridized carbons (Fsp3) is 0.500. The van der Waals surface area contributed by atoms with E-state index in [1.54, 1.807) is 11.1 Å². The number of benzene rings is 1. The highest BCUT2D eigenvalue weighted by atomic mass is 14.9. The van der Waals surface area contributed by atoms with Gasteiger partial charge in [-0.3, -0.25) is 0 Å². The quantitative estimate of drug-likeness (QED) is 0.737. The first-order valence-corrected chi connectivity index (χ1v) is 8.55. The lowest BCUT2D eigenvalue weighted by Crippen LogP contribution is -2.27. The molecule has 0 saturated carbocycles. The van der Waals surface area contributed by atoms with Crippen LogP contribution in [0.4, 0.5) is 0 Å². The van der Waals surface area contributed by atoms with Crippen molar-refractivity contribution in [2.45, 2.75) is 60.4 Å². The van der Waals surface area contributed by atoms with Crippen LogP contribution in [0.15, 0.2) is 35.9 Å². The van der Waals surface area contributed by atoms with Crippen molar-refractivity contribution in [1.82, 2.24) is 5.32 Å². The van der Waals surface area contributed by atoms with Gasteiger partial charge >= 0.3 is 0 Å². The molecule has 1 heteroatoms. The molecular weight excluding hydrogens is 254 g/mol. The van der Waals surface area contributed by atoms with Crippen LogP contribution in [0.5, 0.6) is 0 Å². The molecule has 21 heavy (non-hydrogen) atoms. The summed E-state index contributed by atoms with van der Waals surface area (Å²) in [6, 6.07) is 6.75. The zero-order valence-corrected chi connectivity index (χ0v) is 14.6. The van der Waals surface area contributed by atoms with E-state index in [9.17, 15) is 0 Å². The first kappa shape index (κ1) is 17.7. The van der Waals surface area contributed by atoms with Crippen molar-refractivity contribution in [2.24, 2.45) is 0 Å². The molecule has 1 aliphatic carbocycles. The molecule has 1 aromatic rings. The number of hydrogen-bond donors (Lipinski definition) is 1. The Kier molecular flexibility index (Phi) is 7.45. The molecule has 1 nitrogen and oxygen atoms in total. The van der Waals surface area contributed by atoms with E-state index >= 15 is 0 Å². The highest BCUT2D eigenvalue weighted by Gasteiger charge is 2.32. The van der Waals surface area contributed by atoms with E-state index in [0.717, 1.165) is 19.5 Å². The lowest BCUT2D eigenvalue weighted by molar-refractivity contribution is 0.584. The van der Waals surface area contributed by atoms with Crippen molar-refractivity contribution >= 4 is 5.57 Å². The molecule has 1 atom stereocenters. The summed E-state index contributed by atoms with van der Waals surface area (Å²) in [5.74, 6) is 0.617. The summed E-state index contributed by atoms with van der Waals surface area (Å²) in [4.78, 5) is 0. The van der Waals surface area contributed by atoms with Gasteiger partial charge in [0.2, 0.25) is 0 Å². The Bertz CT molecular complexity index is 509. The molecule has 3 rings (SSSR count). The highest BCUT2D eigenvalue weighted by molar-refractivity contribution is 5.85. The smallest absolute Gasteiger partial charge is 0.0209 e. The third-order valence-corrected chi connectivity index (χ3v) is 3.98. The monoisotopic (exact) mass is 285 g/mol. The van der Waals surface area contributed by atoms with Gasteiger partial charge in [-0.15, -0.1) is 0 Å². The summed E-state index contributed by atoms with van der Waals surface area (Å²) in [6.07, 6.45) is 5.60. The topological polar surface area (TPSA) is 12.0 Å². The van der Waals surface area contributed by atoms with E-state index in [1.807, 2.05) is 27.7 Å². The maximum atomic E-state index is 3.54. The van der Waals surface area contributed by atoms with E-state index in [0.29, 0.717) is 5.92 Å². The van der Waals surface area contributed by atoms with Gasteiger partial charge in [-0.05, 0) is 35.6 Å². The standard InChI is InChI=1S/C16H19N.2C2H6/c1-3-6-13-12(4-2)15-10-17-9-11-7-5-8-14(13)16(11)15;2*1-2/h3,5-8,15,17H,4,9-10H2,1-2H3;2*1-2H3/b6-3-;;. The minimum Gasteiger partial charge on any atom is -0.312 e. The van der Waals surface area contributed by atoms with Gasteiger partial charge in [-0.1, -0.05) is 70.5 Å². The summed E-state index contributed by atoms with van der Waals surface area (Å²) in [7, 11) is 0. The average Bonchev–Trinajstić information content (AvgIpc) is 2.87. The molecule has 1 N–H and O–H groups in total. The summed E-state index contributed by atoms with van der Waals surface area (Å²) >= 11 is 0. The predicted octanol–water partition coefficient (Wildman–Crippen LogP) is 5.68.